The maximum absolute atomic E-state index is 5.86. The van der Waals surface area contributed by atoms with Crippen molar-refractivity contribution in [2.24, 2.45) is 5.73 Å². The van der Waals surface area contributed by atoms with Gasteiger partial charge in [-0.15, -0.1) is 0 Å². The molecule has 0 fully saturated rings. The number of nitrogens with one attached hydrogen (secondary N) is 1. The zero-order chi connectivity index (χ0) is 11.7. The van der Waals surface area contributed by atoms with Crippen molar-refractivity contribution >= 4 is 8.56 Å². The highest BCUT2D eigenvalue weighted by Crippen LogP contribution is 2.11. The summed E-state index contributed by atoms with van der Waals surface area (Å²) in [5, 5.41) is 3.27. The molecule has 3 N–H and O–H groups in total. The molecule has 0 rings (SSSR count). The van der Waals surface area contributed by atoms with Gasteiger partial charge in [0.1, 0.15) is 0 Å². The predicted octanol–water partition coefficient (Wildman–Crippen LogP) is 1.07. The third-order valence-corrected chi connectivity index (χ3v) is 4.22. The summed E-state index contributed by atoms with van der Waals surface area (Å²) in [6.07, 6.45) is 2.47. The molecule has 0 saturated carbocycles. The first-order chi connectivity index (χ1) is 7.02. The van der Waals surface area contributed by atoms with Gasteiger partial charge in [-0.1, -0.05) is 0 Å². The quantitative estimate of drug-likeness (QED) is 0.463. The highest BCUT2D eigenvalue weighted by atomic mass is 28.4. The van der Waals surface area contributed by atoms with Gasteiger partial charge >= 0.3 is 8.56 Å². The van der Waals surface area contributed by atoms with Crippen LogP contribution in [-0.2, 0) is 8.85 Å². The fourth-order valence-corrected chi connectivity index (χ4v) is 2.52. The zero-order valence-corrected chi connectivity index (χ0v) is 11.5. The Bertz CT molecular complexity index is 156. The Morgan fingerprint density at radius 2 is 2.00 bits per heavy atom. The van der Waals surface area contributed by atoms with Gasteiger partial charge in [-0.25, -0.2) is 0 Å². The highest BCUT2D eigenvalue weighted by molar-refractivity contribution is 6.64. The molecule has 15 heavy (non-hydrogen) atoms. The molecule has 92 valence electrons. The van der Waals surface area contributed by atoms with Crippen LogP contribution in [0.15, 0.2) is 0 Å². The highest BCUT2D eigenvalue weighted by Gasteiger charge is 2.24. The molecule has 0 bridgehead atoms. The molecule has 4 nitrogen and oxygen atoms in total. The van der Waals surface area contributed by atoms with Crippen LogP contribution in [0, 0.1) is 0 Å². The maximum Gasteiger partial charge on any atom is 0.331 e. The fourth-order valence-electron chi connectivity index (χ4n) is 1.33. The number of rotatable bonds is 9. The summed E-state index contributed by atoms with van der Waals surface area (Å²) in [5.41, 5.74) is 5.37. The van der Waals surface area contributed by atoms with E-state index in [1.807, 2.05) is 0 Å². The largest absolute Gasteiger partial charge is 0.398 e. The molecule has 0 aliphatic heterocycles. The Morgan fingerprint density at radius 1 is 1.33 bits per heavy atom. The van der Waals surface area contributed by atoms with E-state index in [-0.39, 0.29) is 6.10 Å². The molecule has 0 aromatic carbocycles. The molecule has 0 heterocycles. The van der Waals surface area contributed by atoms with Crippen molar-refractivity contribution in [3.05, 3.63) is 0 Å². The second kappa shape index (κ2) is 8.24. The summed E-state index contributed by atoms with van der Waals surface area (Å²) >= 11 is 0. The van der Waals surface area contributed by atoms with Gasteiger partial charge in [-0.3, -0.25) is 0 Å². The first kappa shape index (κ1) is 15.1. The van der Waals surface area contributed by atoms with Gasteiger partial charge < -0.3 is 19.9 Å². The van der Waals surface area contributed by atoms with E-state index >= 15 is 0 Å². The Hall–Kier alpha value is 0.0569. The zero-order valence-electron chi connectivity index (χ0n) is 10.5. The number of hydrogen-bond acceptors (Lipinski definition) is 4. The van der Waals surface area contributed by atoms with Crippen LogP contribution >= 0.6 is 0 Å². The standard InChI is InChI=1S/C10H26N2O2Si/c1-10(14-15(3,4)13-2)6-5-8-12-9-7-11/h10,12H,5-9,11H2,1-4H3. The van der Waals surface area contributed by atoms with E-state index in [2.05, 4.69) is 25.3 Å². The molecule has 0 saturated heterocycles. The Labute approximate surface area is 94.8 Å². The third-order valence-electron chi connectivity index (χ3n) is 2.26. The summed E-state index contributed by atoms with van der Waals surface area (Å²) in [5.74, 6) is 0. The molecule has 0 aromatic heterocycles. The minimum absolute atomic E-state index is 0.284. The molecule has 0 amide bonds. The van der Waals surface area contributed by atoms with Crippen LogP contribution < -0.4 is 11.1 Å². The van der Waals surface area contributed by atoms with Crippen molar-refractivity contribution in [2.75, 3.05) is 26.7 Å². The van der Waals surface area contributed by atoms with Gasteiger partial charge in [0.05, 0.1) is 0 Å². The van der Waals surface area contributed by atoms with Crippen molar-refractivity contribution in [3.8, 4) is 0 Å². The van der Waals surface area contributed by atoms with E-state index in [1.54, 1.807) is 7.11 Å². The minimum Gasteiger partial charge on any atom is -0.398 e. The molecular weight excluding hydrogens is 208 g/mol. The SMILES string of the molecule is CO[Si](C)(C)OC(C)CCCNCCN. The summed E-state index contributed by atoms with van der Waals surface area (Å²) in [6, 6.07) is 0. The fraction of sp³-hybridized carbons (Fsp3) is 1.00. The van der Waals surface area contributed by atoms with Crippen LogP contribution in [0.2, 0.25) is 13.1 Å². The molecule has 5 heteroatoms. The van der Waals surface area contributed by atoms with E-state index in [0.717, 1.165) is 25.9 Å². The van der Waals surface area contributed by atoms with Crippen LogP contribution in [-0.4, -0.2) is 41.4 Å². The molecule has 0 aliphatic carbocycles. The monoisotopic (exact) mass is 234 g/mol. The summed E-state index contributed by atoms with van der Waals surface area (Å²) in [7, 11) is -0.132. The van der Waals surface area contributed by atoms with E-state index in [0.29, 0.717) is 6.54 Å². The first-order valence-corrected chi connectivity index (χ1v) is 8.47. The van der Waals surface area contributed by atoms with Crippen LogP contribution in [0.5, 0.6) is 0 Å². The van der Waals surface area contributed by atoms with Crippen molar-refractivity contribution in [1.82, 2.24) is 5.32 Å². The number of nitrogens with two attached hydrogens (primary N) is 1. The second-order valence-electron chi connectivity index (χ2n) is 4.21. The van der Waals surface area contributed by atoms with Gasteiger partial charge in [0.25, 0.3) is 0 Å². The molecule has 1 atom stereocenters. The van der Waals surface area contributed by atoms with Gasteiger partial charge in [-0.05, 0) is 39.4 Å². The lowest BCUT2D eigenvalue weighted by Gasteiger charge is -2.25. The van der Waals surface area contributed by atoms with Gasteiger partial charge in [0, 0.05) is 26.3 Å². The Balaban J connectivity index is 3.45. The first-order valence-electron chi connectivity index (χ1n) is 5.65. The van der Waals surface area contributed by atoms with Crippen molar-refractivity contribution < 1.29 is 8.85 Å². The van der Waals surface area contributed by atoms with Crippen molar-refractivity contribution in [3.63, 3.8) is 0 Å². The Morgan fingerprint density at radius 3 is 2.53 bits per heavy atom. The Kier molecular flexibility index (Phi) is 8.27. The summed E-state index contributed by atoms with van der Waals surface area (Å²) in [6.45, 7) is 8.85. The van der Waals surface area contributed by atoms with Crippen LogP contribution in [0.4, 0.5) is 0 Å². The summed E-state index contributed by atoms with van der Waals surface area (Å²) < 4.78 is 11.2. The molecule has 0 aromatic rings. The molecule has 1 unspecified atom stereocenters. The second-order valence-corrected chi connectivity index (χ2v) is 7.66. The normalized spacial score (nSPS) is 14.2. The lowest BCUT2D eigenvalue weighted by Crippen LogP contribution is -2.37. The average molecular weight is 234 g/mol. The topological polar surface area (TPSA) is 56.5 Å². The minimum atomic E-state index is -1.86. The van der Waals surface area contributed by atoms with Gasteiger partial charge in [-0.2, -0.15) is 0 Å². The van der Waals surface area contributed by atoms with Crippen molar-refractivity contribution in [2.45, 2.75) is 39.0 Å². The summed E-state index contributed by atoms with van der Waals surface area (Å²) in [4.78, 5) is 0. The van der Waals surface area contributed by atoms with Crippen molar-refractivity contribution in [1.29, 1.82) is 0 Å². The molecular formula is C10H26N2O2Si. The van der Waals surface area contributed by atoms with Crippen LogP contribution in [0.1, 0.15) is 19.8 Å². The average Bonchev–Trinajstić information content (AvgIpc) is 2.17. The third kappa shape index (κ3) is 9.01. The lowest BCUT2D eigenvalue weighted by atomic mass is 10.2. The number of hydrogen-bond donors (Lipinski definition) is 2. The molecule has 0 spiro atoms. The molecule has 0 radical (unpaired) electrons. The van der Waals surface area contributed by atoms with E-state index < -0.39 is 8.56 Å². The predicted molar refractivity (Wildman–Crippen MR) is 66.2 cm³/mol. The smallest absolute Gasteiger partial charge is 0.331 e. The lowest BCUT2D eigenvalue weighted by molar-refractivity contribution is 0.141. The van der Waals surface area contributed by atoms with E-state index in [9.17, 15) is 0 Å². The van der Waals surface area contributed by atoms with Crippen LogP contribution in [0.3, 0.4) is 0 Å². The van der Waals surface area contributed by atoms with Gasteiger partial charge in [0.15, 0.2) is 0 Å². The van der Waals surface area contributed by atoms with Gasteiger partial charge in [0.2, 0.25) is 0 Å². The van der Waals surface area contributed by atoms with Crippen LogP contribution in [0.25, 0.3) is 0 Å². The maximum atomic E-state index is 5.86. The van der Waals surface area contributed by atoms with E-state index in [4.69, 9.17) is 14.6 Å². The molecule has 0 aliphatic rings. The van der Waals surface area contributed by atoms with E-state index in [1.165, 1.54) is 0 Å².